The summed E-state index contributed by atoms with van der Waals surface area (Å²) in [4.78, 5) is 26.7. The predicted molar refractivity (Wildman–Crippen MR) is 87.3 cm³/mol. The Kier molecular flexibility index (Phi) is 5.69. The van der Waals surface area contributed by atoms with Gasteiger partial charge >= 0.3 is 12.1 Å². The van der Waals surface area contributed by atoms with Crippen molar-refractivity contribution in [2.45, 2.75) is 26.6 Å². The van der Waals surface area contributed by atoms with E-state index < -0.39 is 22.7 Å². The number of thiazole rings is 1. The van der Waals surface area contributed by atoms with Crippen molar-refractivity contribution in [1.82, 2.24) is 4.98 Å². The van der Waals surface area contributed by atoms with Gasteiger partial charge in [0.1, 0.15) is 6.61 Å². The minimum atomic E-state index is -4.63. The first-order valence-electron chi connectivity index (χ1n) is 6.85. The lowest BCUT2D eigenvalue weighted by atomic mass is 10.1. The zero-order valence-electron chi connectivity index (χ0n) is 13.0. The first-order chi connectivity index (χ1) is 11.6. The number of nitrogens with one attached hydrogen (secondary N) is 1. The van der Waals surface area contributed by atoms with Gasteiger partial charge < -0.3 is 10.1 Å². The number of rotatable bonds is 4. The minimum absolute atomic E-state index is 0.145. The summed E-state index contributed by atoms with van der Waals surface area (Å²) in [7, 11) is 0. The molecule has 2 rings (SSSR count). The van der Waals surface area contributed by atoms with Crippen molar-refractivity contribution in [2.24, 2.45) is 0 Å². The van der Waals surface area contributed by atoms with E-state index in [4.69, 9.17) is 16.3 Å². The molecule has 1 aromatic heterocycles. The molecule has 134 valence electrons. The number of amides is 1. The summed E-state index contributed by atoms with van der Waals surface area (Å²) >= 11 is 6.63. The number of alkyl halides is 3. The molecule has 0 spiro atoms. The van der Waals surface area contributed by atoms with Crippen molar-refractivity contribution in [3.8, 4) is 11.3 Å². The summed E-state index contributed by atoms with van der Waals surface area (Å²) in [5, 5.41) is 2.21. The van der Waals surface area contributed by atoms with Crippen LogP contribution in [-0.4, -0.2) is 16.9 Å². The van der Waals surface area contributed by atoms with Crippen LogP contribution in [0, 0.1) is 0 Å². The molecule has 1 amide bonds. The Balaban J connectivity index is 2.50. The van der Waals surface area contributed by atoms with Crippen LogP contribution in [0.4, 0.5) is 18.3 Å². The van der Waals surface area contributed by atoms with Gasteiger partial charge in [0.25, 0.3) is 0 Å². The van der Waals surface area contributed by atoms with Crippen LogP contribution in [0.5, 0.6) is 0 Å². The largest absolute Gasteiger partial charge is 0.460 e. The van der Waals surface area contributed by atoms with E-state index in [0.29, 0.717) is 4.88 Å². The lowest BCUT2D eigenvalue weighted by Crippen LogP contribution is -2.06. The second-order valence-corrected chi connectivity index (χ2v) is 6.44. The Morgan fingerprint density at radius 2 is 2.00 bits per heavy atom. The van der Waals surface area contributed by atoms with Crippen molar-refractivity contribution >= 4 is 39.9 Å². The minimum Gasteiger partial charge on any atom is -0.460 e. The molecule has 0 atom stereocenters. The zero-order chi connectivity index (χ0) is 18.8. The number of hydrogen-bond acceptors (Lipinski definition) is 5. The maximum Gasteiger partial charge on any atom is 0.417 e. The van der Waals surface area contributed by atoms with Crippen molar-refractivity contribution in [1.29, 1.82) is 0 Å². The Hall–Kier alpha value is -2.13. The molecule has 1 aromatic carbocycles. The summed E-state index contributed by atoms with van der Waals surface area (Å²) in [5.74, 6) is -0.932. The first kappa shape index (κ1) is 19.2. The fourth-order valence-corrected chi connectivity index (χ4v) is 3.10. The number of benzene rings is 1. The molecule has 0 bridgehead atoms. The van der Waals surface area contributed by atoms with Crippen LogP contribution in [0.15, 0.2) is 18.2 Å². The topological polar surface area (TPSA) is 68.3 Å². The second-order valence-electron chi connectivity index (χ2n) is 4.94. The number of carbonyl (C=O) groups excluding carboxylic acids is 2. The van der Waals surface area contributed by atoms with Crippen LogP contribution in [0.3, 0.4) is 0 Å². The van der Waals surface area contributed by atoms with Crippen LogP contribution in [0.1, 0.15) is 24.3 Å². The molecule has 0 saturated carbocycles. The normalized spacial score (nSPS) is 11.3. The highest BCUT2D eigenvalue weighted by molar-refractivity contribution is 7.16. The molecule has 0 aliphatic carbocycles. The van der Waals surface area contributed by atoms with Gasteiger partial charge in [-0.05, 0) is 12.1 Å². The number of carbonyl (C=O) groups is 2. The van der Waals surface area contributed by atoms with E-state index in [1.807, 2.05) is 0 Å². The number of esters is 1. The van der Waals surface area contributed by atoms with Gasteiger partial charge in [-0.25, -0.2) is 4.98 Å². The first-order valence-corrected chi connectivity index (χ1v) is 8.05. The Morgan fingerprint density at radius 1 is 1.32 bits per heavy atom. The molecule has 0 unspecified atom stereocenters. The van der Waals surface area contributed by atoms with Gasteiger partial charge in [0, 0.05) is 19.4 Å². The lowest BCUT2D eigenvalue weighted by Gasteiger charge is -2.11. The van der Waals surface area contributed by atoms with E-state index >= 15 is 0 Å². The maximum absolute atomic E-state index is 13.0. The molecule has 0 radical (unpaired) electrons. The van der Waals surface area contributed by atoms with Crippen molar-refractivity contribution in [3.63, 3.8) is 0 Å². The Morgan fingerprint density at radius 3 is 2.56 bits per heavy atom. The molecule has 0 saturated heterocycles. The molecule has 1 N–H and O–H groups in total. The Bertz CT molecular complexity index is 821. The average Bonchev–Trinajstić information content (AvgIpc) is 2.86. The molecule has 0 aliphatic rings. The zero-order valence-corrected chi connectivity index (χ0v) is 14.6. The van der Waals surface area contributed by atoms with Gasteiger partial charge in [-0.3, -0.25) is 9.59 Å². The van der Waals surface area contributed by atoms with E-state index in [1.54, 1.807) is 0 Å². The fraction of sp³-hybridized carbons (Fsp3) is 0.267. The Labute approximate surface area is 149 Å². The van der Waals surface area contributed by atoms with Crippen LogP contribution < -0.4 is 5.32 Å². The number of hydrogen-bond donors (Lipinski definition) is 1. The summed E-state index contributed by atoms with van der Waals surface area (Å²) < 4.78 is 44.0. The monoisotopic (exact) mass is 392 g/mol. The standard InChI is InChI=1S/C15H12ClF3N2O3S/c1-7(22)20-14-21-13(12(25-14)6-24-8(2)23)9-3-4-11(16)10(5-9)15(17,18)19/h3-5H,6H2,1-2H3,(H,20,21,22). The number of halogens is 4. The smallest absolute Gasteiger partial charge is 0.417 e. The van der Waals surface area contributed by atoms with Crippen LogP contribution >= 0.6 is 22.9 Å². The van der Waals surface area contributed by atoms with Crippen LogP contribution in [0.25, 0.3) is 11.3 Å². The lowest BCUT2D eigenvalue weighted by molar-refractivity contribution is -0.142. The van der Waals surface area contributed by atoms with E-state index in [9.17, 15) is 22.8 Å². The third-order valence-corrected chi connectivity index (χ3v) is 4.21. The molecule has 25 heavy (non-hydrogen) atoms. The highest BCUT2D eigenvalue weighted by Gasteiger charge is 2.33. The average molecular weight is 393 g/mol. The van der Waals surface area contributed by atoms with E-state index in [-0.39, 0.29) is 28.9 Å². The van der Waals surface area contributed by atoms with Crippen molar-refractivity contribution in [2.75, 3.05) is 5.32 Å². The van der Waals surface area contributed by atoms with E-state index in [1.165, 1.54) is 19.9 Å². The molecule has 0 fully saturated rings. The molecule has 1 heterocycles. The molecular weight excluding hydrogens is 381 g/mol. The fourth-order valence-electron chi connectivity index (χ4n) is 1.94. The maximum atomic E-state index is 13.0. The predicted octanol–water partition coefficient (Wildman–Crippen LogP) is 4.50. The third-order valence-electron chi connectivity index (χ3n) is 2.93. The molecule has 2 aromatic rings. The van der Waals surface area contributed by atoms with Crippen molar-refractivity contribution in [3.05, 3.63) is 33.7 Å². The number of ether oxygens (including phenoxy) is 1. The molecule has 5 nitrogen and oxygen atoms in total. The van der Waals surface area contributed by atoms with E-state index in [2.05, 4.69) is 10.3 Å². The number of nitrogens with zero attached hydrogens (tertiary/aromatic N) is 1. The van der Waals surface area contributed by atoms with Crippen molar-refractivity contribution < 1.29 is 27.5 Å². The van der Waals surface area contributed by atoms with Gasteiger partial charge in [0.05, 0.1) is 21.2 Å². The van der Waals surface area contributed by atoms with Gasteiger partial charge in [0.2, 0.25) is 5.91 Å². The van der Waals surface area contributed by atoms with Gasteiger partial charge in [-0.15, -0.1) is 0 Å². The van der Waals surface area contributed by atoms with Crippen LogP contribution in [0.2, 0.25) is 5.02 Å². The number of aromatic nitrogens is 1. The molecule has 10 heteroatoms. The van der Waals surface area contributed by atoms with Gasteiger partial charge in [-0.2, -0.15) is 13.2 Å². The van der Waals surface area contributed by atoms with Crippen LogP contribution in [-0.2, 0) is 27.1 Å². The summed E-state index contributed by atoms with van der Waals surface area (Å²) in [6, 6.07) is 3.36. The third kappa shape index (κ3) is 4.93. The molecule has 0 aliphatic heterocycles. The highest BCUT2D eigenvalue weighted by Crippen LogP contribution is 2.39. The van der Waals surface area contributed by atoms with Gasteiger partial charge in [-0.1, -0.05) is 29.0 Å². The number of anilines is 1. The highest BCUT2D eigenvalue weighted by atomic mass is 35.5. The summed E-state index contributed by atoms with van der Waals surface area (Å²) in [6.45, 7) is 2.31. The SMILES string of the molecule is CC(=O)Nc1nc(-c2ccc(Cl)c(C(F)(F)F)c2)c(COC(C)=O)s1. The quantitative estimate of drug-likeness (QED) is 0.778. The summed E-state index contributed by atoms with van der Waals surface area (Å²) in [5.41, 5.74) is -0.678. The van der Waals surface area contributed by atoms with Gasteiger partial charge in [0.15, 0.2) is 5.13 Å². The second kappa shape index (κ2) is 7.40. The summed E-state index contributed by atoms with van der Waals surface area (Å²) in [6.07, 6.45) is -4.63. The van der Waals surface area contributed by atoms with E-state index in [0.717, 1.165) is 23.5 Å². The molecular formula is C15H12ClF3N2O3S.